The number of hydrogen-bond acceptors (Lipinski definition) is 5. The zero-order valence-electron chi connectivity index (χ0n) is 18.2. The molecule has 3 aliphatic carbocycles. The molecule has 4 atom stereocenters. The zero-order chi connectivity index (χ0) is 21.6. The van der Waals surface area contributed by atoms with E-state index in [1.807, 2.05) is 0 Å². The first kappa shape index (κ1) is 23.5. The average Bonchev–Trinajstić information content (AvgIpc) is 2.72. The van der Waals surface area contributed by atoms with Gasteiger partial charge in [0.1, 0.15) is 5.25 Å². The molecule has 0 radical (unpaired) electrons. The van der Waals surface area contributed by atoms with Crippen molar-refractivity contribution < 1.29 is 22.7 Å². The van der Waals surface area contributed by atoms with Gasteiger partial charge in [0.2, 0.25) is 21.8 Å². The van der Waals surface area contributed by atoms with E-state index >= 15 is 0 Å². The molecule has 0 aromatic heterocycles. The summed E-state index contributed by atoms with van der Waals surface area (Å²) in [5.41, 5.74) is 0. The minimum Gasteiger partial charge on any atom is -0.378 e. The molecule has 0 aliphatic heterocycles. The van der Waals surface area contributed by atoms with Crippen molar-refractivity contribution in [2.75, 3.05) is 6.61 Å². The van der Waals surface area contributed by atoms with E-state index < -0.39 is 27.2 Å². The Hall–Kier alpha value is -1.15. The molecular weight excluding hydrogens is 404 g/mol. The highest BCUT2D eigenvalue weighted by Gasteiger charge is 2.38. The molecule has 0 aromatic carbocycles. The van der Waals surface area contributed by atoms with Crippen LogP contribution in [0.2, 0.25) is 0 Å². The molecule has 2 amide bonds. The summed E-state index contributed by atoms with van der Waals surface area (Å²) in [5, 5.41) is 2.27. The molecule has 4 unspecified atom stereocenters. The number of sulfonamides is 1. The molecule has 0 spiro atoms. The van der Waals surface area contributed by atoms with Gasteiger partial charge in [-0.1, -0.05) is 38.5 Å². The maximum absolute atomic E-state index is 13.0. The van der Waals surface area contributed by atoms with Crippen LogP contribution in [0.1, 0.15) is 90.4 Å². The van der Waals surface area contributed by atoms with E-state index in [-0.39, 0.29) is 17.9 Å². The fourth-order valence-electron chi connectivity index (χ4n) is 5.37. The Morgan fingerprint density at radius 1 is 0.900 bits per heavy atom. The van der Waals surface area contributed by atoms with Gasteiger partial charge in [-0.15, -0.1) is 0 Å². The second-order valence-corrected chi connectivity index (χ2v) is 11.4. The summed E-state index contributed by atoms with van der Waals surface area (Å²) < 4.78 is 33.4. The first-order valence-corrected chi connectivity index (χ1v) is 13.3. The van der Waals surface area contributed by atoms with Crippen LogP contribution in [0.4, 0.5) is 0 Å². The van der Waals surface area contributed by atoms with Gasteiger partial charge in [-0.3, -0.25) is 14.3 Å². The number of hydrogen-bond donors (Lipinski definition) is 2. The van der Waals surface area contributed by atoms with E-state index in [0.717, 1.165) is 38.7 Å². The normalized spacial score (nSPS) is 31.1. The van der Waals surface area contributed by atoms with Crippen LogP contribution in [0.25, 0.3) is 0 Å². The predicted molar refractivity (Wildman–Crippen MR) is 115 cm³/mol. The lowest BCUT2D eigenvalue weighted by Gasteiger charge is -2.34. The molecule has 7 nitrogen and oxygen atoms in total. The van der Waals surface area contributed by atoms with E-state index in [1.54, 1.807) is 0 Å². The number of rotatable bonds is 7. The maximum atomic E-state index is 13.0. The quantitative estimate of drug-likeness (QED) is 0.631. The van der Waals surface area contributed by atoms with Crippen LogP contribution in [0.3, 0.4) is 0 Å². The summed E-state index contributed by atoms with van der Waals surface area (Å²) in [7, 11) is -3.78. The third kappa shape index (κ3) is 6.67. The largest absolute Gasteiger partial charge is 0.378 e. The van der Waals surface area contributed by atoms with Crippen LogP contribution in [0.15, 0.2) is 0 Å². The van der Waals surface area contributed by atoms with Crippen LogP contribution in [0.5, 0.6) is 0 Å². The van der Waals surface area contributed by atoms with Crippen molar-refractivity contribution in [3.63, 3.8) is 0 Å². The predicted octanol–water partition coefficient (Wildman–Crippen LogP) is 3.04. The van der Waals surface area contributed by atoms with Crippen molar-refractivity contribution in [2.24, 2.45) is 11.8 Å². The summed E-state index contributed by atoms with van der Waals surface area (Å²) in [6.45, 7) is 2.00. The van der Waals surface area contributed by atoms with Crippen molar-refractivity contribution in [3.8, 4) is 0 Å². The first-order valence-electron chi connectivity index (χ1n) is 11.8. The van der Waals surface area contributed by atoms with Crippen molar-refractivity contribution >= 4 is 21.8 Å². The summed E-state index contributed by atoms with van der Waals surface area (Å²) in [6, 6.07) is -0.438. The Labute approximate surface area is 181 Å². The Bertz CT molecular complexity index is 690. The molecule has 3 aliphatic rings. The standard InChI is InChI=1S/C22H38N2O5S/c1-16(25)24-30(27,28)21-13-6-5-12-20(21)23-22(26)18-10-7-11-19(14-18)29-15-17-8-3-2-4-9-17/h17-21H,2-15H2,1H3,(H,23,26)(H,24,25). The summed E-state index contributed by atoms with van der Waals surface area (Å²) in [6.07, 6.45) is 12.8. The maximum Gasteiger partial charge on any atom is 0.239 e. The van der Waals surface area contributed by atoms with Crippen LogP contribution < -0.4 is 10.0 Å². The highest BCUT2D eigenvalue weighted by atomic mass is 32.2. The van der Waals surface area contributed by atoms with Gasteiger partial charge in [0.15, 0.2) is 0 Å². The van der Waals surface area contributed by atoms with Gasteiger partial charge in [-0.25, -0.2) is 8.42 Å². The molecule has 0 saturated heterocycles. The number of carbonyl (C=O) groups is 2. The van der Waals surface area contributed by atoms with Crippen LogP contribution in [0, 0.1) is 11.8 Å². The van der Waals surface area contributed by atoms with Crippen molar-refractivity contribution in [1.29, 1.82) is 0 Å². The lowest BCUT2D eigenvalue weighted by Crippen LogP contribution is -2.53. The smallest absolute Gasteiger partial charge is 0.239 e. The molecule has 8 heteroatoms. The summed E-state index contributed by atoms with van der Waals surface area (Å²) in [5.74, 6) is -0.108. The second-order valence-electron chi connectivity index (χ2n) is 9.46. The molecule has 0 aromatic rings. The van der Waals surface area contributed by atoms with Gasteiger partial charge in [0.25, 0.3) is 0 Å². The van der Waals surface area contributed by atoms with E-state index in [0.29, 0.717) is 25.2 Å². The zero-order valence-corrected chi connectivity index (χ0v) is 19.1. The molecular formula is C22H38N2O5S. The topological polar surface area (TPSA) is 102 Å². The van der Waals surface area contributed by atoms with Crippen molar-refractivity contribution in [3.05, 3.63) is 0 Å². The Kier molecular flexibility index (Phi) is 8.57. The lowest BCUT2D eigenvalue weighted by molar-refractivity contribution is -0.129. The van der Waals surface area contributed by atoms with Gasteiger partial charge in [0, 0.05) is 25.5 Å². The first-order chi connectivity index (χ1) is 14.3. The molecule has 0 heterocycles. The van der Waals surface area contributed by atoms with Gasteiger partial charge in [0.05, 0.1) is 6.10 Å². The summed E-state index contributed by atoms with van der Waals surface area (Å²) >= 11 is 0. The van der Waals surface area contributed by atoms with Crippen molar-refractivity contribution in [2.45, 2.75) is 108 Å². The Balaban J connectivity index is 1.52. The minimum atomic E-state index is -3.78. The Morgan fingerprint density at radius 2 is 1.60 bits per heavy atom. The SMILES string of the molecule is CC(=O)NS(=O)(=O)C1CCCCC1NC(=O)C1CCCC(OCC2CCCCC2)C1. The van der Waals surface area contributed by atoms with E-state index in [2.05, 4.69) is 10.0 Å². The number of carbonyl (C=O) groups excluding carboxylic acids is 2. The third-order valence-electron chi connectivity index (χ3n) is 7.00. The molecule has 0 bridgehead atoms. The van der Waals surface area contributed by atoms with E-state index in [1.165, 1.54) is 39.0 Å². The van der Waals surface area contributed by atoms with Crippen LogP contribution >= 0.6 is 0 Å². The monoisotopic (exact) mass is 442 g/mol. The minimum absolute atomic E-state index is 0.0594. The average molecular weight is 443 g/mol. The van der Waals surface area contributed by atoms with Gasteiger partial charge < -0.3 is 10.1 Å². The molecule has 3 saturated carbocycles. The Morgan fingerprint density at radius 3 is 2.33 bits per heavy atom. The second kappa shape index (κ2) is 10.9. The van der Waals surface area contributed by atoms with Crippen LogP contribution in [-0.2, 0) is 24.3 Å². The lowest BCUT2D eigenvalue weighted by atomic mass is 9.85. The van der Waals surface area contributed by atoms with E-state index in [4.69, 9.17) is 4.74 Å². The molecule has 30 heavy (non-hydrogen) atoms. The van der Waals surface area contributed by atoms with Crippen molar-refractivity contribution in [1.82, 2.24) is 10.0 Å². The van der Waals surface area contributed by atoms with Crippen LogP contribution in [-0.4, -0.2) is 44.2 Å². The van der Waals surface area contributed by atoms with Gasteiger partial charge in [-0.05, 0) is 50.9 Å². The molecule has 2 N–H and O–H groups in total. The summed E-state index contributed by atoms with van der Waals surface area (Å²) in [4.78, 5) is 24.3. The van der Waals surface area contributed by atoms with Gasteiger partial charge in [-0.2, -0.15) is 0 Å². The molecule has 172 valence electrons. The van der Waals surface area contributed by atoms with Gasteiger partial charge >= 0.3 is 0 Å². The highest BCUT2D eigenvalue weighted by molar-refractivity contribution is 7.90. The number of amides is 2. The number of ether oxygens (including phenoxy) is 1. The third-order valence-corrected chi connectivity index (χ3v) is 8.94. The number of nitrogens with one attached hydrogen (secondary N) is 2. The molecule has 3 fully saturated rings. The highest BCUT2D eigenvalue weighted by Crippen LogP contribution is 2.30. The fraction of sp³-hybridized carbons (Fsp3) is 0.909. The molecule has 3 rings (SSSR count). The van der Waals surface area contributed by atoms with E-state index in [9.17, 15) is 18.0 Å². The fourth-order valence-corrected chi connectivity index (χ4v) is 7.04.